The zero-order chi connectivity index (χ0) is 17.6. The van der Waals surface area contributed by atoms with Gasteiger partial charge in [-0.15, -0.1) is 0 Å². The third kappa shape index (κ3) is 2.65. The number of anilines is 2. The fraction of sp³-hybridized carbons (Fsp3) is 0.722. The van der Waals surface area contributed by atoms with E-state index in [0.717, 1.165) is 24.7 Å². The minimum Gasteiger partial charge on any atom is -0.481 e. The first-order valence-electron chi connectivity index (χ1n) is 9.22. The number of hydrogen-bond donors (Lipinski definition) is 1. The first-order chi connectivity index (χ1) is 12.0. The number of fused-ring (bicyclic) bond motifs is 1. The van der Waals surface area contributed by atoms with Crippen molar-refractivity contribution in [3.05, 3.63) is 12.4 Å². The Labute approximate surface area is 148 Å². The van der Waals surface area contributed by atoms with Gasteiger partial charge in [-0.3, -0.25) is 9.69 Å². The van der Waals surface area contributed by atoms with Crippen molar-refractivity contribution < 1.29 is 9.90 Å². The van der Waals surface area contributed by atoms with Crippen LogP contribution in [0.4, 0.5) is 11.6 Å². The molecule has 3 heterocycles. The van der Waals surface area contributed by atoms with Gasteiger partial charge in [-0.05, 0) is 12.8 Å². The number of carboxylic acid groups (broad SMARTS) is 1. The monoisotopic (exact) mass is 345 g/mol. The van der Waals surface area contributed by atoms with Gasteiger partial charge in [0.1, 0.15) is 5.41 Å². The summed E-state index contributed by atoms with van der Waals surface area (Å²) in [6, 6.07) is 0.587. The Bertz CT molecular complexity index is 661. The second kappa shape index (κ2) is 6.12. The van der Waals surface area contributed by atoms with Crippen molar-refractivity contribution in [1.29, 1.82) is 0 Å². The quantitative estimate of drug-likeness (QED) is 0.882. The minimum atomic E-state index is -0.677. The van der Waals surface area contributed by atoms with Crippen molar-refractivity contribution in [2.75, 3.05) is 50.1 Å². The van der Waals surface area contributed by atoms with E-state index in [1.54, 1.807) is 12.4 Å². The van der Waals surface area contributed by atoms with Crippen LogP contribution in [0.3, 0.4) is 0 Å². The van der Waals surface area contributed by atoms with Crippen LogP contribution in [0.5, 0.6) is 0 Å². The van der Waals surface area contributed by atoms with E-state index in [2.05, 4.69) is 19.8 Å². The third-order valence-electron chi connectivity index (χ3n) is 6.29. The van der Waals surface area contributed by atoms with Gasteiger partial charge in [0.05, 0.1) is 0 Å². The second-order valence-corrected chi connectivity index (χ2v) is 8.00. The molecule has 0 spiro atoms. The summed E-state index contributed by atoms with van der Waals surface area (Å²) in [6.45, 7) is 2.83. The average molecular weight is 345 g/mol. The number of rotatable bonds is 4. The molecule has 2 saturated heterocycles. The lowest BCUT2D eigenvalue weighted by atomic mass is 9.81. The largest absolute Gasteiger partial charge is 0.481 e. The zero-order valence-electron chi connectivity index (χ0n) is 15.1. The Morgan fingerprint density at radius 2 is 1.92 bits per heavy atom. The van der Waals surface area contributed by atoms with E-state index < -0.39 is 11.4 Å². The highest BCUT2D eigenvalue weighted by atomic mass is 16.4. The summed E-state index contributed by atoms with van der Waals surface area (Å²) < 4.78 is 0. The summed E-state index contributed by atoms with van der Waals surface area (Å²) in [6.07, 6.45) is 8.38. The average Bonchev–Trinajstić information content (AvgIpc) is 3.28. The van der Waals surface area contributed by atoms with Crippen molar-refractivity contribution in [2.24, 2.45) is 11.3 Å². The lowest BCUT2D eigenvalue weighted by molar-refractivity contribution is -0.148. The summed E-state index contributed by atoms with van der Waals surface area (Å²) in [5.41, 5.74) is -0.677. The number of carbonyl (C=O) groups is 1. The first kappa shape index (κ1) is 16.6. The number of aliphatic carboxylic acids is 1. The zero-order valence-corrected chi connectivity index (χ0v) is 15.1. The number of hydrogen-bond acceptors (Lipinski definition) is 6. The molecule has 0 aromatic carbocycles. The van der Waals surface area contributed by atoms with Gasteiger partial charge in [0.15, 0.2) is 11.6 Å². The topological polar surface area (TPSA) is 72.8 Å². The van der Waals surface area contributed by atoms with Gasteiger partial charge in [0, 0.05) is 64.6 Å². The minimum absolute atomic E-state index is 0.155. The van der Waals surface area contributed by atoms with Crippen LogP contribution in [0, 0.1) is 11.3 Å². The van der Waals surface area contributed by atoms with Gasteiger partial charge in [-0.25, -0.2) is 9.97 Å². The third-order valence-corrected chi connectivity index (χ3v) is 6.29. The summed E-state index contributed by atoms with van der Waals surface area (Å²) in [5.74, 6) is 1.10. The molecule has 0 bridgehead atoms. The first-order valence-corrected chi connectivity index (χ1v) is 9.22. The lowest BCUT2D eigenvalue weighted by Crippen LogP contribution is -2.42. The summed E-state index contributed by atoms with van der Waals surface area (Å²) >= 11 is 0. The van der Waals surface area contributed by atoms with Crippen molar-refractivity contribution in [3.63, 3.8) is 0 Å². The molecule has 0 amide bonds. The van der Waals surface area contributed by atoms with E-state index in [1.165, 1.54) is 25.7 Å². The molecule has 2 aliphatic heterocycles. The van der Waals surface area contributed by atoms with Crippen LogP contribution in [0.15, 0.2) is 12.4 Å². The van der Waals surface area contributed by atoms with Crippen LogP contribution in [0.1, 0.15) is 25.7 Å². The molecule has 1 N–H and O–H groups in total. The molecule has 7 nitrogen and oxygen atoms in total. The number of carboxylic acids is 1. The molecule has 3 aliphatic rings. The standard InChI is InChI=1S/C18H27N5O2/c1-21(2)15-16(20-8-7-19-15)23-10-13-9-22(14-5-3-4-6-14)11-18(13,12-23)17(24)25/h7-8,13-14H,3-6,9-12H2,1-2H3,(H,24,25)/t13-,18-/m1/s1. The van der Waals surface area contributed by atoms with Gasteiger partial charge in [-0.1, -0.05) is 12.8 Å². The summed E-state index contributed by atoms with van der Waals surface area (Å²) in [7, 11) is 3.89. The van der Waals surface area contributed by atoms with Crippen molar-refractivity contribution in [1.82, 2.24) is 14.9 Å². The maximum absolute atomic E-state index is 12.3. The predicted molar refractivity (Wildman–Crippen MR) is 96.0 cm³/mol. The van der Waals surface area contributed by atoms with Crippen LogP contribution >= 0.6 is 0 Å². The number of likely N-dealkylation sites (tertiary alicyclic amines) is 1. The van der Waals surface area contributed by atoms with Gasteiger partial charge < -0.3 is 14.9 Å². The molecule has 4 rings (SSSR count). The molecule has 1 aromatic rings. The summed E-state index contributed by atoms with van der Waals surface area (Å²) in [5, 5.41) is 10.1. The van der Waals surface area contributed by atoms with Crippen LogP contribution in [-0.4, -0.2) is 72.3 Å². The van der Waals surface area contributed by atoms with Crippen LogP contribution in [0.25, 0.3) is 0 Å². The molecule has 1 saturated carbocycles. The molecule has 1 aliphatic carbocycles. The molecule has 3 fully saturated rings. The fourth-order valence-electron chi connectivity index (χ4n) is 4.98. The van der Waals surface area contributed by atoms with Gasteiger partial charge in [0.25, 0.3) is 0 Å². The maximum Gasteiger partial charge on any atom is 0.313 e. The van der Waals surface area contributed by atoms with Gasteiger partial charge in [-0.2, -0.15) is 0 Å². The molecule has 1 aromatic heterocycles. The van der Waals surface area contributed by atoms with E-state index in [0.29, 0.717) is 19.1 Å². The van der Waals surface area contributed by atoms with Crippen LogP contribution in [-0.2, 0) is 4.79 Å². The number of nitrogens with zero attached hydrogens (tertiary/aromatic N) is 5. The molecule has 0 radical (unpaired) electrons. The second-order valence-electron chi connectivity index (χ2n) is 8.00. The van der Waals surface area contributed by atoms with E-state index in [1.807, 2.05) is 19.0 Å². The fourth-order valence-corrected chi connectivity index (χ4v) is 4.98. The number of aromatic nitrogens is 2. The maximum atomic E-state index is 12.3. The SMILES string of the molecule is CN(C)c1nccnc1N1C[C@H]2CN(C3CCCC3)C[C@@]2(C(=O)O)C1. The molecule has 136 valence electrons. The van der Waals surface area contributed by atoms with E-state index in [-0.39, 0.29) is 5.92 Å². The molecule has 25 heavy (non-hydrogen) atoms. The highest BCUT2D eigenvalue weighted by Gasteiger charge is 2.59. The summed E-state index contributed by atoms with van der Waals surface area (Å²) in [4.78, 5) is 27.7. The lowest BCUT2D eigenvalue weighted by Gasteiger charge is -2.30. The van der Waals surface area contributed by atoms with E-state index in [4.69, 9.17) is 0 Å². The Balaban J connectivity index is 1.59. The molecule has 7 heteroatoms. The van der Waals surface area contributed by atoms with E-state index in [9.17, 15) is 9.90 Å². The Kier molecular flexibility index (Phi) is 4.06. The van der Waals surface area contributed by atoms with Crippen LogP contribution in [0.2, 0.25) is 0 Å². The predicted octanol–water partition coefficient (Wildman–Crippen LogP) is 1.31. The molecular weight excluding hydrogens is 318 g/mol. The van der Waals surface area contributed by atoms with E-state index >= 15 is 0 Å². The Hall–Kier alpha value is -1.89. The van der Waals surface area contributed by atoms with Crippen molar-refractivity contribution in [2.45, 2.75) is 31.7 Å². The highest BCUT2D eigenvalue weighted by Crippen LogP contribution is 2.46. The van der Waals surface area contributed by atoms with Crippen molar-refractivity contribution >= 4 is 17.6 Å². The smallest absolute Gasteiger partial charge is 0.313 e. The molecule has 2 atom stereocenters. The van der Waals surface area contributed by atoms with Crippen LogP contribution < -0.4 is 9.80 Å². The molecular formula is C18H27N5O2. The Morgan fingerprint density at radius 1 is 1.20 bits per heavy atom. The van der Waals surface area contributed by atoms with Crippen molar-refractivity contribution in [3.8, 4) is 0 Å². The Morgan fingerprint density at radius 3 is 2.56 bits per heavy atom. The van der Waals surface area contributed by atoms with Gasteiger partial charge in [0.2, 0.25) is 0 Å². The normalized spacial score (nSPS) is 30.0. The van der Waals surface area contributed by atoms with Gasteiger partial charge >= 0.3 is 5.97 Å². The highest BCUT2D eigenvalue weighted by molar-refractivity contribution is 5.79. The molecule has 0 unspecified atom stereocenters.